The molecule has 0 radical (unpaired) electrons. The van der Waals surface area contributed by atoms with Gasteiger partial charge in [0.2, 0.25) is 5.91 Å². The van der Waals surface area contributed by atoms with E-state index in [-0.39, 0.29) is 17.2 Å². The molecule has 0 spiro atoms. The standard InChI is InChI=1S/C17H17F2NO2S/c1-11-3-4-12(2)13(7-11)9-23(22)10-17(21)20-16-6-5-14(18)8-15(16)19/h3-8H,9-10H2,1-2H3,(H,20,21)/t23-/m0/s1. The molecule has 0 saturated heterocycles. The van der Waals surface area contributed by atoms with Gasteiger partial charge in [-0.1, -0.05) is 23.8 Å². The Kier molecular flexibility index (Phi) is 5.60. The third kappa shape index (κ3) is 4.96. The predicted octanol–water partition coefficient (Wildman–Crippen LogP) is 3.47. The van der Waals surface area contributed by atoms with Crippen LogP contribution in [0.5, 0.6) is 0 Å². The number of nitrogens with one attached hydrogen (secondary N) is 1. The van der Waals surface area contributed by atoms with Gasteiger partial charge in [-0.3, -0.25) is 9.00 Å². The summed E-state index contributed by atoms with van der Waals surface area (Å²) in [6.45, 7) is 3.86. The Hall–Kier alpha value is -2.08. The number of aryl methyl sites for hydroxylation is 2. The lowest BCUT2D eigenvalue weighted by atomic mass is 10.1. The fourth-order valence-corrected chi connectivity index (χ4v) is 3.23. The minimum absolute atomic E-state index is 0.125. The van der Waals surface area contributed by atoms with Crippen LogP contribution in [0.3, 0.4) is 0 Å². The number of hydrogen-bond acceptors (Lipinski definition) is 2. The number of carbonyl (C=O) groups is 1. The van der Waals surface area contributed by atoms with Crippen molar-refractivity contribution < 1.29 is 17.8 Å². The van der Waals surface area contributed by atoms with Gasteiger partial charge in [0.05, 0.1) is 5.69 Å². The van der Waals surface area contributed by atoms with E-state index >= 15 is 0 Å². The third-order valence-electron chi connectivity index (χ3n) is 3.32. The summed E-state index contributed by atoms with van der Waals surface area (Å²) in [6, 6.07) is 8.71. The molecule has 0 aliphatic rings. The Morgan fingerprint density at radius 3 is 2.57 bits per heavy atom. The molecule has 0 unspecified atom stereocenters. The van der Waals surface area contributed by atoms with E-state index < -0.39 is 28.3 Å². The zero-order chi connectivity index (χ0) is 17.0. The number of hydrogen-bond donors (Lipinski definition) is 1. The molecule has 0 aromatic heterocycles. The lowest BCUT2D eigenvalue weighted by Gasteiger charge is -2.08. The molecule has 0 aliphatic carbocycles. The maximum Gasteiger partial charge on any atom is 0.237 e. The number of benzene rings is 2. The molecule has 6 heteroatoms. The van der Waals surface area contributed by atoms with Crippen LogP contribution in [0.1, 0.15) is 16.7 Å². The summed E-state index contributed by atoms with van der Waals surface area (Å²) < 4.78 is 38.4. The predicted molar refractivity (Wildman–Crippen MR) is 87.6 cm³/mol. The zero-order valence-electron chi connectivity index (χ0n) is 12.9. The van der Waals surface area contributed by atoms with Gasteiger partial charge in [0.1, 0.15) is 17.4 Å². The largest absolute Gasteiger partial charge is 0.323 e. The van der Waals surface area contributed by atoms with Gasteiger partial charge in [0.25, 0.3) is 0 Å². The molecule has 2 rings (SSSR count). The summed E-state index contributed by atoms with van der Waals surface area (Å²) in [5.41, 5.74) is 2.86. The second-order valence-electron chi connectivity index (χ2n) is 5.33. The first kappa shape index (κ1) is 17.3. The summed E-state index contributed by atoms with van der Waals surface area (Å²) in [5.74, 6) is -2.14. The Morgan fingerprint density at radius 1 is 1.13 bits per heavy atom. The fourth-order valence-electron chi connectivity index (χ4n) is 2.10. The van der Waals surface area contributed by atoms with Crippen LogP contribution >= 0.6 is 0 Å². The highest BCUT2D eigenvalue weighted by molar-refractivity contribution is 7.84. The Morgan fingerprint density at radius 2 is 1.87 bits per heavy atom. The van der Waals surface area contributed by atoms with Crippen molar-refractivity contribution in [1.29, 1.82) is 0 Å². The number of halogens is 2. The van der Waals surface area contributed by atoms with Crippen molar-refractivity contribution in [2.75, 3.05) is 11.1 Å². The Balaban J connectivity index is 1.97. The van der Waals surface area contributed by atoms with Crippen molar-refractivity contribution >= 4 is 22.4 Å². The van der Waals surface area contributed by atoms with E-state index in [0.29, 0.717) is 6.07 Å². The van der Waals surface area contributed by atoms with Crippen LogP contribution in [-0.2, 0) is 21.3 Å². The molecule has 3 nitrogen and oxygen atoms in total. The van der Waals surface area contributed by atoms with E-state index in [4.69, 9.17) is 0 Å². The molecule has 0 saturated carbocycles. The second-order valence-corrected chi connectivity index (χ2v) is 6.79. The van der Waals surface area contributed by atoms with E-state index in [0.717, 1.165) is 28.8 Å². The topological polar surface area (TPSA) is 46.2 Å². The molecular formula is C17H17F2NO2S. The molecular weight excluding hydrogens is 320 g/mol. The van der Waals surface area contributed by atoms with Crippen molar-refractivity contribution in [3.05, 3.63) is 64.7 Å². The Labute approximate surface area is 136 Å². The smallest absolute Gasteiger partial charge is 0.237 e. The van der Waals surface area contributed by atoms with Crippen molar-refractivity contribution in [1.82, 2.24) is 0 Å². The molecule has 0 aliphatic heterocycles. The minimum Gasteiger partial charge on any atom is -0.323 e. The van der Waals surface area contributed by atoms with Crippen LogP contribution in [0.15, 0.2) is 36.4 Å². The van der Waals surface area contributed by atoms with Gasteiger partial charge < -0.3 is 5.32 Å². The monoisotopic (exact) mass is 337 g/mol. The van der Waals surface area contributed by atoms with E-state index in [1.54, 1.807) is 0 Å². The molecule has 1 atom stereocenters. The molecule has 2 aromatic rings. The van der Waals surface area contributed by atoms with Crippen LogP contribution in [0.4, 0.5) is 14.5 Å². The van der Waals surface area contributed by atoms with Crippen LogP contribution in [0.2, 0.25) is 0 Å². The number of rotatable bonds is 5. The zero-order valence-corrected chi connectivity index (χ0v) is 13.7. The molecule has 1 N–H and O–H groups in total. The van der Waals surface area contributed by atoms with Crippen molar-refractivity contribution in [3.63, 3.8) is 0 Å². The summed E-state index contributed by atoms with van der Waals surface area (Å²) in [7, 11) is -1.41. The van der Waals surface area contributed by atoms with Gasteiger partial charge in [-0.2, -0.15) is 0 Å². The molecule has 0 fully saturated rings. The minimum atomic E-state index is -1.41. The van der Waals surface area contributed by atoms with Gasteiger partial charge in [-0.05, 0) is 37.1 Å². The van der Waals surface area contributed by atoms with E-state index in [1.165, 1.54) is 0 Å². The highest BCUT2D eigenvalue weighted by Gasteiger charge is 2.13. The second kappa shape index (κ2) is 7.46. The summed E-state index contributed by atoms with van der Waals surface area (Å²) in [4.78, 5) is 11.8. The van der Waals surface area contributed by atoms with E-state index in [2.05, 4.69) is 5.32 Å². The SMILES string of the molecule is Cc1ccc(C)c(C[S@](=O)CC(=O)Nc2ccc(F)cc2F)c1. The lowest BCUT2D eigenvalue weighted by Crippen LogP contribution is -2.21. The average Bonchev–Trinajstić information content (AvgIpc) is 2.46. The maximum absolute atomic E-state index is 13.5. The van der Waals surface area contributed by atoms with Crippen molar-refractivity contribution in [2.45, 2.75) is 19.6 Å². The average molecular weight is 337 g/mol. The molecule has 0 heterocycles. The Bertz CT molecular complexity index is 762. The number of carbonyl (C=O) groups excluding carboxylic acids is 1. The maximum atomic E-state index is 13.5. The summed E-state index contributed by atoms with van der Waals surface area (Å²) in [6.07, 6.45) is 0. The van der Waals surface area contributed by atoms with E-state index in [9.17, 15) is 17.8 Å². The van der Waals surface area contributed by atoms with Crippen LogP contribution < -0.4 is 5.32 Å². The quantitative estimate of drug-likeness (QED) is 0.908. The van der Waals surface area contributed by atoms with Gasteiger partial charge in [0, 0.05) is 22.6 Å². The molecule has 122 valence electrons. The molecule has 0 bridgehead atoms. The number of amides is 1. The van der Waals surface area contributed by atoms with Crippen molar-refractivity contribution in [3.8, 4) is 0 Å². The van der Waals surface area contributed by atoms with Gasteiger partial charge in [-0.15, -0.1) is 0 Å². The first-order valence-corrected chi connectivity index (χ1v) is 8.50. The first-order valence-electron chi connectivity index (χ1n) is 7.01. The van der Waals surface area contributed by atoms with Crippen LogP contribution in [0, 0.1) is 25.5 Å². The third-order valence-corrected chi connectivity index (χ3v) is 4.54. The van der Waals surface area contributed by atoms with Crippen molar-refractivity contribution in [2.24, 2.45) is 0 Å². The highest BCUT2D eigenvalue weighted by Crippen LogP contribution is 2.16. The molecule has 23 heavy (non-hydrogen) atoms. The highest BCUT2D eigenvalue weighted by atomic mass is 32.2. The first-order chi connectivity index (χ1) is 10.8. The molecule has 1 amide bonds. The van der Waals surface area contributed by atoms with Gasteiger partial charge >= 0.3 is 0 Å². The van der Waals surface area contributed by atoms with Gasteiger partial charge in [0.15, 0.2) is 0 Å². The summed E-state index contributed by atoms with van der Waals surface area (Å²) in [5, 5.41) is 2.31. The normalized spacial score (nSPS) is 12.0. The van der Waals surface area contributed by atoms with Crippen LogP contribution in [-0.4, -0.2) is 15.9 Å². The summed E-state index contributed by atoms with van der Waals surface area (Å²) >= 11 is 0. The van der Waals surface area contributed by atoms with Crippen LogP contribution in [0.25, 0.3) is 0 Å². The number of anilines is 1. The fraction of sp³-hybridized carbons (Fsp3) is 0.235. The lowest BCUT2D eigenvalue weighted by molar-refractivity contribution is -0.113. The van der Waals surface area contributed by atoms with Gasteiger partial charge in [-0.25, -0.2) is 8.78 Å². The molecule has 2 aromatic carbocycles. The van der Waals surface area contributed by atoms with E-state index in [1.807, 2.05) is 32.0 Å².